The molecule has 0 spiro atoms. The Labute approximate surface area is 73.4 Å². The van der Waals surface area contributed by atoms with E-state index in [1.807, 2.05) is 6.07 Å². The van der Waals surface area contributed by atoms with Gasteiger partial charge in [-0.05, 0) is 0 Å². The number of hydrogen-bond acceptors (Lipinski definition) is 2. The molecule has 0 unspecified atom stereocenters. The zero-order valence-electron chi connectivity index (χ0n) is 6.03. The molecule has 0 aliphatic carbocycles. The van der Waals surface area contributed by atoms with E-state index in [9.17, 15) is 4.79 Å². The molecule has 0 saturated carbocycles. The van der Waals surface area contributed by atoms with Crippen LogP contribution in [0, 0.1) is 0 Å². The zero-order chi connectivity index (χ0) is 8.27. The van der Waals surface area contributed by atoms with Gasteiger partial charge in [0.1, 0.15) is 0 Å². The molecule has 1 aromatic rings. The Kier molecular flexibility index (Phi) is 2.69. The zero-order valence-corrected chi connectivity index (χ0v) is 7.75. The Morgan fingerprint density at radius 2 is 2.09 bits per heavy atom. The van der Waals surface area contributed by atoms with Gasteiger partial charge in [0.15, 0.2) is 0 Å². The summed E-state index contributed by atoms with van der Waals surface area (Å²) in [6.45, 7) is 0. The van der Waals surface area contributed by atoms with E-state index in [2.05, 4.69) is 16.0 Å². The van der Waals surface area contributed by atoms with Gasteiger partial charge in [-0.2, -0.15) is 0 Å². The molecule has 11 heavy (non-hydrogen) atoms. The summed E-state index contributed by atoms with van der Waals surface area (Å²) in [6.07, 6.45) is 0. The summed E-state index contributed by atoms with van der Waals surface area (Å²) in [5.41, 5.74) is 0.579. The van der Waals surface area contributed by atoms with Crippen LogP contribution < -0.4 is 4.74 Å². The molecule has 0 atom stereocenters. The fourth-order valence-corrected chi connectivity index (χ4v) is 1.17. The van der Waals surface area contributed by atoms with E-state index in [1.165, 1.54) is 0 Å². The van der Waals surface area contributed by atoms with Gasteiger partial charge in [-0.25, -0.2) is 0 Å². The molecule has 0 bridgehead atoms. The number of carbonyl (C=O) groups is 1. The van der Waals surface area contributed by atoms with Crippen molar-refractivity contribution in [2.75, 3.05) is 7.11 Å². The molecule has 0 N–H and O–H groups in total. The van der Waals surface area contributed by atoms with E-state index in [0.29, 0.717) is 11.3 Å². The number of carbonyl (C=O) groups excluding carboxylic acids is 1. The minimum absolute atomic E-state index is 0.0950. The van der Waals surface area contributed by atoms with Gasteiger partial charge in [-0.1, -0.05) is 0 Å². The van der Waals surface area contributed by atoms with Crippen LogP contribution in [0.4, 0.5) is 0 Å². The van der Waals surface area contributed by atoms with Crippen LogP contribution in [0.1, 0.15) is 10.4 Å². The van der Waals surface area contributed by atoms with E-state index in [1.54, 1.807) is 25.3 Å². The third-order valence-electron chi connectivity index (χ3n) is 1.33. The molecule has 0 aliphatic rings. The summed E-state index contributed by atoms with van der Waals surface area (Å²) in [7, 11) is 1.54. The average Bonchev–Trinajstić information content (AvgIpc) is 2.04. The van der Waals surface area contributed by atoms with Gasteiger partial charge in [-0.15, -0.1) is 0 Å². The Balaban J connectivity index is 3.12. The predicted molar refractivity (Wildman–Crippen MR) is 43.1 cm³/mol. The molecule has 1 rings (SSSR count). The molecular weight excluding hydrogens is 207 g/mol. The molecule has 3 heteroatoms. The first kappa shape index (κ1) is 8.31. The summed E-state index contributed by atoms with van der Waals surface area (Å²) in [5.74, 6) is 0.608. The van der Waals surface area contributed by atoms with Crippen LogP contribution in [0.2, 0.25) is 0 Å². The quantitative estimate of drug-likeness (QED) is 0.686. The van der Waals surface area contributed by atoms with Crippen molar-refractivity contribution in [3.63, 3.8) is 0 Å². The van der Waals surface area contributed by atoms with E-state index in [-0.39, 0.29) is 4.68 Å². The fourth-order valence-electron chi connectivity index (χ4n) is 0.813. The molecule has 0 saturated heterocycles. The number of methoxy groups -OCH3 is 1. The number of rotatable bonds is 2. The third-order valence-corrected chi connectivity index (χ3v) is 1.79. The number of ether oxygens (including phenoxy) is 1. The Bertz CT molecular complexity index is 271. The van der Waals surface area contributed by atoms with Crippen molar-refractivity contribution in [1.29, 1.82) is 0 Å². The van der Waals surface area contributed by atoms with Gasteiger partial charge in [0.25, 0.3) is 0 Å². The maximum absolute atomic E-state index is 10.9. The molecule has 58 valence electrons. The molecule has 0 heterocycles. The Morgan fingerprint density at radius 3 is 2.55 bits per heavy atom. The molecule has 0 aliphatic heterocycles. The van der Waals surface area contributed by atoms with Gasteiger partial charge in [0.2, 0.25) is 0 Å². The molecular formula is C8H7O2Se-. The van der Waals surface area contributed by atoms with Crippen LogP contribution in [0.5, 0.6) is 5.75 Å². The number of para-hydroxylation sites is 1. The van der Waals surface area contributed by atoms with Crippen molar-refractivity contribution >= 4 is 20.7 Å². The molecule has 2 nitrogen and oxygen atoms in total. The normalized spacial score (nSPS) is 9.18. The number of benzene rings is 1. The first-order valence-electron chi connectivity index (χ1n) is 3.10. The summed E-state index contributed by atoms with van der Waals surface area (Å²) in [5, 5.41) is 0. The second-order valence-corrected chi connectivity index (χ2v) is 2.77. The second-order valence-electron chi connectivity index (χ2n) is 1.99. The molecule has 0 amide bonds. The minimum atomic E-state index is -0.0950. The SMILES string of the molecule is COc1ccccc1C(=O)[Se-]. The van der Waals surface area contributed by atoms with Gasteiger partial charge in [0.05, 0.1) is 0 Å². The van der Waals surface area contributed by atoms with Crippen molar-refractivity contribution in [2.45, 2.75) is 0 Å². The molecule has 0 radical (unpaired) electrons. The Hall–Kier alpha value is -0.791. The summed E-state index contributed by atoms with van der Waals surface area (Å²) in [4.78, 5) is 10.9. The van der Waals surface area contributed by atoms with Crippen molar-refractivity contribution in [2.24, 2.45) is 0 Å². The van der Waals surface area contributed by atoms with Crippen LogP contribution in [0.25, 0.3) is 0 Å². The van der Waals surface area contributed by atoms with E-state index >= 15 is 0 Å². The van der Waals surface area contributed by atoms with Gasteiger partial charge in [0, 0.05) is 0 Å². The van der Waals surface area contributed by atoms with Crippen LogP contribution in [0.3, 0.4) is 0 Å². The standard InChI is InChI=1S/C8H8O2Se/c1-10-7-5-3-2-4-6(7)8(9)11/h2-5H,1H3,(H,9,11)/p-1. The van der Waals surface area contributed by atoms with Crippen LogP contribution in [-0.4, -0.2) is 27.8 Å². The number of hydrogen-bond donors (Lipinski definition) is 0. The van der Waals surface area contributed by atoms with Crippen molar-refractivity contribution in [3.05, 3.63) is 29.8 Å². The Morgan fingerprint density at radius 1 is 1.45 bits per heavy atom. The van der Waals surface area contributed by atoms with E-state index in [0.717, 1.165) is 0 Å². The summed E-state index contributed by atoms with van der Waals surface area (Å²) in [6, 6.07) is 7.10. The molecule has 0 fully saturated rings. The van der Waals surface area contributed by atoms with Crippen LogP contribution in [0.15, 0.2) is 24.3 Å². The van der Waals surface area contributed by atoms with Gasteiger partial charge < -0.3 is 0 Å². The topological polar surface area (TPSA) is 26.3 Å². The van der Waals surface area contributed by atoms with Crippen molar-refractivity contribution in [3.8, 4) is 5.75 Å². The third kappa shape index (κ3) is 1.82. The van der Waals surface area contributed by atoms with E-state index < -0.39 is 0 Å². The first-order valence-corrected chi connectivity index (χ1v) is 3.95. The maximum atomic E-state index is 10.9. The average molecular weight is 214 g/mol. The van der Waals surface area contributed by atoms with Crippen LogP contribution in [-0.2, 0) is 0 Å². The monoisotopic (exact) mass is 215 g/mol. The van der Waals surface area contributed by atoms with Crippen LogP contribution >= 0.6 is 0 Å². The van der Waals surface area contributed by atoms with Gasteiger partial charge >= 0.3 is 72.9 Å². The molecule has 1 aromatic carbocycles. The van der Waals surface area contributed by atoms with Crippen molar-refractivity contribution in [1.82, 2.24) is 0 Å². The first-order chi connectivity index (χ1) is 5.25. The summed E-state index contributed by atoms with van der Waals surface area (Å²) >= 11 is 2.41. The fraction of sp³-hybridized carbons (Fsp3) is 0.125. The predicted octanol–water partition coefficient (Wildman–Crippen LogP) is 1.00. The van der Waals surface area contributed by atoms with Crippen molar-refractivity contribution < 1.29 is 9.53 Å². The second kappa shape index (κ2) is 3.56. The van der Waals surface area contributed by atoms with E-state index in [4.69, 9.17) is 4.74 Å². The van der Waals surface area contributed by atoms with Gasteiger partial charge in [-0.3, -0.25) is 0 Å². The molecule has 0 aromatic heterocycles. The summed E-state index contributed by atoms with van der Waals surface area (Å²) < 4.78 is 4.87.